The van der Waals surface area contributed by atoms with Crippen LogP contribution in [0.15, 0.2) is 46.9 Å². The molecular weight excluding hydrogens is 259 g/mol. The summed E-state index contributed by atoms with van der Waals surface area (Å²) < 4.78 is 24.2. The Bertz CT molecular complexity index is 790. The van der Waals surface area contributed by atoms with Gasteiger partial charge >= 0.3 is 0 Å². The molecule has 3 rings (SSSR count). The van der Waals surface area contributed by atoms with Gasteiger partial charge in [0.15, 0.2) is 17.6 Å². The summed E-state index contributed by atoms with van der Waals surface area (Å²) >= 11 is 0. The Morgan fingerprint density at radius 2 is 2.05 bits per heavy atom. The van der Waals surface area contributed by atoms with Crippen molar-refractivity contribution in [2.24, 2.45) is 0 Å². The number of benzene rings is 2. The summed E-state index contributed by atoms with van der Waals surface area (Å²) in [5.74, 6) is 0.686. The number of methoxy groups -OCH3 is 1. The molecule has 0 aliphatic rings. The standard InChI is InChI=1S/C16H11FO3/c1-19-14-6-5-11(9-18)13-8-15(20-16(13)14)10-3-2-4-12(17)7-10/h2-9H,1H3. The van der Waals surface area contributed by atoms with Crippen LogP contribution in [0, 0.1) is 5.82 Å². The van der Waals surface area contributed by atoms with Gasteiger partial charge in [0.05, 0.1) is 7.11 Å². The first-order chi connectivity index (χ1) is 9.72. The molecule has 0 atom stereocenters. The topological polar surface area (TPSA) is 39.4 Å². The molecule has 0 fully saturated rings. The highest BCUT2D eigenvalue weighted by Gasteiger charge is 2.14. The van der Waals surface area contributed by atoms with Gasteiger partial charge in [0.25, 0.3) is 0 Å². The summed E-state index contributed by atoms with van der Waals surface area (Å²) in [5, 5.41) is 0.651. The van der Waals surface area contributed by atoms with Gasteiger partial charge in [0, 0.05) is 16.5 Å². The van der Waals surface area contributed by atoms with Gasteiger partial charge < -0.3 is 9.15 Å². The summed E-state index contributed by atoms with van der Waals surface area (Å²) in [6.45, 7) is 0. The molecule has 20 heavy (non-hydrogen) atoms. The number of ether oxygens (including phenoxy) is 1. The summed E-state index contributed by atoms with van der Waals surface area (Å²) in [4.78, 5) is 11.1. The monoisotopic (exact) mass is 270 g/mol. The molecule has 0 saturated heterocycles. The van der Waals surface area contributed by atoms with E-state index in [1.165, 1.54) is 19.2 Å². The van der Waals surface area contributed by atoms with Crippen molar-refractivity contribution in [2.45, 2.75) is 0 Å². The predicted octanol–water partition coefficient (Wildman–Crippen LogP) is 4.06. The van der Waals surface area contributed by atoms with Crippen molar-refractivity contribution >= 4 is 17.3 Å². The number of carbonyl (C=O) groups excluding carboxylic acids is 1. The van der Waals surface area contributed by atoms with Crippen LogP contribution in [0.5, 0.6) is 5.75 Å². The summed E-state index contributed by atoms with van der Waals surface area (Å²) in [5.41, 5.74) is 1.60. The van der Waals surface area contributed by atoms with Crippen LogP contribution in [0.4, 0.5) is 4.39 Å². The second kappa shape index (κ2) is 4.81. The second-order valence-corrected chi connectivity index (χ2v) is 4.34. The number of furan rings is 1. The van der Waals surface area contributed by atoms with Crippen LogP contribution < -0.4 is 4.74 Å². The molecule has 0 spiro atoms. The number of hydrogen-bond acceptors (Lipinski definition) is 3. The molecule has 100 valence electrons. The third-order valence-corrected chi connectivity index (χ3v) is 3.14. The molecule has 0 aliphatic heterocycles. The number of halogens is 1. The maximum Gasteiger partial charge on any atom is 0.177 e. The van der Waals surface area contributed by atoms with E-state index in [1.54, 1.807) is 30.3 Å². The lowest BCUT2D eigenvalue weighted by atomic mass is 10.1. The maximum absolute atomic E-state index is 13.3. The van der Waals surface area contributed by atoms with Crippen molar-refractivity contribution in [1.82, 2.24) is 0 Å². The van der Waals surface area contributed by atoms with Gasteiger partial charge in [-0.05, 0) is 30.3 Å². The largest absolute Gasteiger partial charge is 0.493 e. The number of fused-ring (bicyclic) bond motifs is 1. The second-order valence-electron chi connectivity index (χ2n) is 4.34. The molecule has 0 saturated carbocycles. The van der Waals surface area contributed by atoms with Crippen molar-refractivity contribution in [3.63, 3.8) is 0 Å². The van der Waals surface area contributed by atoms with E-state index in [0.29, 0.717) is 33.6 Å². The minimum Gasteiger partial charge on any atom is -0.493 e. The quantitative estimate of drug-likeness (QED) is 0.674. The Balaban J connectivity index is 2.26. The zero-order valence-corrected chi connectivity index (χ0v) is 10.7. The third kappa shape index (κ3) is 1.95. The fourth-order valence-corrected chi connectivity index (χ4v) is 2.17. The van der Waals surface area contributed by atoms with E-state index in [1.807, 2.05) is 0 Å². The van der Waals surface area contributed by atoms with Crippen LogP contribution in [-0.2, 0) is 0 Å². The van der Waals surface area contributed by atoms with Gasteiger partial charge in [-0.25, -0.2) is 4.39 Å². The summed E-state index contributed by atoms with van der Waals surface area (Å²) in [6, 6.07) is 11.2. The molecule has 1 heterocycles. The van der Waals surface area contributed by atoms with Crippen molar-refractivity contribution in [3.05, 3.63) is 53.8 Å². The van der Waals surface area contributed by atoms with Gasteiger partial charge in [0.1, 0.15) is 11.6 Å². The molecule has 0 amide bonds. The van der Waals surface area contributed by atoms with E-state index >= 15 is 0 Å². The maximum atomic E-state index is 13.3. The highest BCUT2D eigenvalue weighted by Crippen LogP contribution is 2.35. The number of rotatable bonds is 3. The number of hydrogen-bond donors (Lipinski definition) is 0. The Labute approximate surface area is 114 Å². The summed E-state index contributed by atoms with van der Waals surface area (Å²) in [7, 11) is 1.53. The lowest BCUT2D eigenvalue weighted by molar-refractivity contribution is 0.112. The smallest absolute Gasteiger partial charge is 0.177 e. The fraction of sp³-hybridized carbons (Fsp3) is 0.0625. The molecular formula is C16H11FO3. The van der Waals surface area contributed by atoms with E-state index in [2.05, 4.69) is 0 Å². The average Bonchev–Trinajstić information content (AvgIpc) is 2.91. The first-order valence-electron chi connectivity index (χ1n) is 6.04. The van der Waals surface area contributed by atoms with Gasteiger partial charge in [-0.1, -0.05) is 12.1 Å². The molecule has 2 aromatic carbocycles. The first kappa shape index (κ1) is 12.4. The first-order valence-corrected chi connectivity index (χ1v) is 6.04. The van der Waals surface area contributed by atoms with E-state index in [-0.39, 0.29) is 5.82 Å². The molecule has 3 nitrogen and oxygen atoms in total. The van der Waals surface area contributed by atoms with Crippen LogP contribution in [-0.4, -0.2) is 13.4 Å². The molecule has 0 N–H and O–H groups in total. The zero-order valence-electron chi connectivity index (χ0n) is 10.7. The molecule has 0 unspecified atom stereocenters. The molecule has 0 aliphatic carbocycles. The van der Waals surface area contributed by atoms with Crippen molar-refractivity contribution < 1.29 is 18.3 Å². The van der Waals surface area contributed by atoms with E-state index < -0.39 is 0 Å². The van der Waals surface area contributed by atoms with Gasteiger partial charge in [-0.15, -0.1) is 0 Å². The Kier molecular flexibility index (Phi) is 2.99. The highest BCUT2D eigenvalue weighted by molar-refractivity contribution is 6.00. The molecule has 3 aromatic rings. The number of carbonyl (C=O) groups is 1. The Hall–Kier alpha value is -2.62. The van der Waals surface area contributed by atoms with Crippen LogP contribution in [0.1, 0.15) is 10.4 Å². The minimum atomic E-state index is -0.342. The van der Waals surface area contributed by atoms with Crippen LogP contribution in [0.2, 0.25) is 0 Å². The van der Waals surface area contributed by atoms with E-state index in [4.69, 9.17) is 9.15 Å². The van der Waals surface area contributed by atoms with Gasteiger partial charge in [-0.3, -0.25) is 4.79 Å². The number of aldehydes is 1. The Morgan fingerprint density at radius 3 is 2.75 bits per heavy atom. The van der Waals surface area contributed by atoms with Gasteiger partial charge in [0.2, 0.25) is 0 Å². The predicted molar refractivity (Wildman–Crippen MR) is 73.5 cm³/mol. The molecule has 0 bridgehead atoms. The molecule has 0 radical (unpaired) electrons. The van der Waals surface area contributed by atoms with E-state index in [9.17, 15) is 9.18 Å². The Morgan fingerprint density at radius 1 is 1.20 bits per heavy atom. The van der Waals surface area contributed by atoms with Crippen molar-refractivity contribution in [2.75, 3.05) is 7.11 Å². The van der Waals surface area contributed by atoms with Crippen LogP contribution in [0.3, 0.4) is 0 Å². The lowest BCUT2D eigenvalue weighted by Gasteiger charge is -2.01. The minimum absolute atomic E-state index is 0.342. The van der Waals surface area contributed by atoms with Crippen LogP contribution in [0.25, 0.3) is 22.3 Å². The molecule has 4 heteroatoms. The average molecular weight is 270 g/mol. The van der Waals surface area contributed by atoms with E-state index in [0.717, 1.165) is 6.29 Å². The van der Waals surface area contributed by atoms with Crippen molar-refractivity contribution in [1.29, 1.82) is 0 Å². The van der Waals surface area contributed by atoms with Crippen molar-refractivity contribution in [3.8, 4) is 17.1 Å². The lowest BCUT2D eigenvalue weighted by Crippen LogP contribution is -1.86. The van der Waals surface area contributed by atoms with Gasteiger partial charge in [-0.2, -0.15) is 0 Å². The summed E-state index contributed by atoms with van der Waals surface area (Å²) in [6.07, 6.45) is 0.757. The normalized spacial score (nSPS) is 10.7. The van der Waals surface area contributed by atoms with Crippen LogP contribution >= 0.6 is 0 Å². The highest BCUT2D eigenvalue weighted by atomic mass is 19.1. The third-order valence-electron chi connectivity index (χ3n) is 3.14. The fourth-order valence-electron chi connectivity index (χ4n) is 2.17. The SMILES string of the molecule is COc1ccc(C=O)c2cc(-c3cccc(F)c3)oc12. The zero-order chi connectivity index (χ0) is 14.1. The molecule has 1 aromatic heterocycles.